The van der Waals surface area contributed by atoms with Crippen LogP contribution in [-0.2, 0) is 4.74 Å². The van der Waals surface area contributed by atoms with Crippen molar-refractivity contribution >= 4 is 0 Å². The van der Waals surface area contributed by atoms with Gasteiger partial charge in [0.25, 0.3) is 5.70 Å². The van der Waals surface area contributed by atoms with Gasteiger partial charge in [0.1, 0.15) is 11.9 Å². The van der Waals surface area contributed by atoms with Crippen LogP contribution in [0.15, 0.2) is 23.1 Å². The van der Waals surface area contributed by atoms with Crippen LogP contribution < -0.4 is 0 Å². The molecule has 0 aromatic heterocycles. The minimum atomic E-state index is -0.192. The third-order valence-corrected chi connectivity index (χ3v) is 2.26. The first kappa shape index (κ1) is 11.3. The number of nitriles is 1. The molecule has 0 aliphatic carbocycles. The molecule has 0 spiro atoms. The van der Waals surface area contributed by atoms with E-state index in [1.807, 2.05) is 39.8 Å². The van der Waals surface area contributed by atoms with Gasteiger partial charge in [-0.05, 0) is 13.0 Å². The molecular weight excluding hydrogens is 188 g/mol. The highest BCUT2D eigenvalue weighted by atomic mass is 16.5. The van der Waals surface area contributed by atoms with Gasteiger partial charge in [-0.15, -0.1) is 0 Å². The lowest BCUT2D eigenvalue weighted by molar-refractivity contribution is 0.131. The second kappa shape index (κ2) is 3.79. The topological polar surface area (TPSA) is 37.4 Å². The molecule has 1 aliphatic heterocycles. The molecule has 15 heavy (non-hydrogen) atoms. The van der Waals surface area contributed by atoms with E-state index in [-0.39, 0.29) is 17.2 Å². The van der Waals surface area contributed by atoms with Gasteiger partial charge in [0, 0.05) is 11.0 Å². The molecule has 0 saturated carbocycles. The zero-order valence-electron chi connectivity index (χ0n) is 9.46. The Bertz CT molecular complexity index is 394. The van der Waals surface area contributed by atoms with Gasteiger partial charge in [-0.3, -0.25) is 0 Å². The maximum absolute atomic E-state index is 8.79. The maximum Gasteiger partial charge on any atom is 0.268 e. The Kier molecular flexibility index (Phi) is 2.86. The van der Waals surface area contributed by atoms with Crippen LogP contribution >= 0.6 is 0 Å². The van der Waals surface area contributed by atoms with E-state index >= 15 is 0 Å². The molecule has 1 aliphatic rings. The summed E-state index contributed by atoms with van der Waals surface area (Å²) in [5.41, 5.74) is 0.734. The van der Waals surface area contributed by atoms with Gasteiger partial charge < -0.3 is 4.74 Å². The maximum atomic E-state index is 8.79. The van der Waals surface area contributed by atoms with Gasteiger partial charge >= 0.3 is 0 Å². The molecule has 1 rings (SSSR count). The second-order valence-electron chi connectivity index (χ2n) is 4.55. The van der Waals surface area contributed by atoms with E-state index in [9.17, 15) is 0 Å². The molecule has 1 unspecified atom stereocenters. The zero-order chi connectivity index (χ0) is 11.6. The number of ether oxygens (including phenoxy) is 1. The summed E-state index contributed by atoms with van der Waals surface area (Å²) in [6.45, 7) is 14.9. The van der Waals surface area contributed by atoms with Gasteiger partial charge in [0.2, 0.25) is 0 Å². The quantitative estimate of drug-likeness (QED) is 0.447. The third kappa shape index (κ3) is 2.19. The Morgan fingerprint density at radius 2 is 2.20 bits per heavy atom. The van der Waals surface area contributed by atoms with Crippen LogP contribution in [0.1, 0.15) is 27.7 Å². The Balaban J connectivity index is 3.18. The molecule has 0 aromatic rings. The average Bonchev–Trinajstić information content (AvgIpc) is 2.50. The minimum absolute atomic E-state index is 0.0847. The van der Waals surface area contributed by atoms with Crippen LogP contribution in [0.2, 0.25) is 0 Å². The standard InChI is InChI=1S/C12H14N2O/c1-8-9(10(7-13)14-5)6-11(15-8)12(2,3)4/h6,8H,1-4H3/b10-9-. The highest BCUT2D eigenvalue weighted by Gasteiger charge is 2.29. The van der Waals surface area contributed by atoms with Gasteiger partial charge in [-0.2, -0.15) is 0 Å². The van der Waals surface area contributed by atoms with Crippen molar-refractivity contribution in [2.45, 2.75) is 33.8 Å². The largest absolute Gasteiger partial charge is 0.491 e. The van der Waals surface area contributed by atoms with Gasteiger partial charge in [0.05, 0.1) is 12.6 Å². The summed E-state index contributed by atoms with van der Waals surface area (Å²) in [6, 6.07) is 1.90. The van der Waals surface area contributed by atoms with E-state index in [0.29, 0.717) is 5.57 Å². The van der Waals surface area contributed by atoms with Crippen molar-refractivity contribution in [2.24, 2.45) is 5.41 Å². The lowest BCUT2D eigenvalue weighted by atomic mass is 9.93. The predicted octanol–water partition coefficient (Wildman–Crippen LogP) is 3.03. The summed E-state index contributed by atoms with van der Waals surface area (Å²) in [5, 5.41) is 8.79. The molecule has 0 aromatic carbocycles. The molecule has 78 valence electrons. The van der Waals surface area contributed by atoms with Gasteiger partial charge in [-0.25, -0.2) is 10.1 Å². The number of hydrogen-bond acceptors (Lipinski definition) is 2. The van der Waals surface area contributed by atoms with Crippen molar-refractivity contribution in [3.8, 4) is 6.07 Å². The zero-order valence-corrected chi connectivity index (χ0v) is 9.46. The predicted molar refractivity (Wildman–Crippen MR) is 57.3 cm³/mol. The van der Waals surface area contributed by atoms with Crippen molar-refractivity contribution in [2.75, 3.05) is 0 Å². The molecule has 0 fully saturated rings. The summed E-state index contributed by atoms with van der Waals surface area (Å²) >= 11 is 0. The Labute approximate surface area is 90.5 Å². The summed E-state index contributed by atoms with van der Waals surface area (Å²) < 4.78 is 5.63. The lowest BCUT2D eigenvalue weighted by Crippen LogP contribution is -2.12. The van der Waals surface area contributed by atoms with Crippen LogP contribution in [0, 0.1) is 23.3 Å². The van der Waals surface area contributed by atoms with E-state index in [4.69, 9.17) is 16.6 Å². The molecule has 0 amide bonds. The summed E-state index contributed by atoms with van der Waals surface area (Å²) in [6.07, 6.45) is 1.63. The van der Waals surface area contributed by atoms with Crippen molar-refractivity contribution in [3.05, 3.63) is 34.5 Å². The van der Waals surface area contributed by atoms with Crippen molar-refractivity contribution in [3.63, 3.8) is 0 Å². The van der Waals surface area contributed by atoms with E-state index < -0.39 is 0 Å². The number of nitrogens with zero attached hydrogens (tertiary/aromatic N) is 2. The Morgan fingerprint density at radius 1 is 1.60 bits per heavy atom. The van der Waals surface area contributed by atoms with Crippen LogP contribution in [-0.4, -0.2) is 6.10 Å². The van der Waals surface area contributed by atoms with Crippen molar-refractivity contribution in [1.29, 1.82) is 5.26 Å². The Hall–Kier alpha value is -1.74. The summed E-state index contributed by atoms with van der Waals surface area (Å²) in [5.74, 6) is 0.835. The van der Waals surface area contributed by atoms with Crippen molar-refractivity contribution < 1.29 is 4.74 Å². The highest BCUT2D eigenvalue weighted by Crippen LogP contribution is 2.36. The van der Waals surface area contributed by atoms with E-state index in [2.05, 4.69) is 4.85 Å². The molecule has 0 N–H and O–H groups in total. The highest BCUT2D eigenvalue weighted by molar-refractivity contribution is 5.45. The van der Waals surface area contributed by atoms with E-state index in [1.54, 1.807) is 0 Å². The van der Waals surface area contributed by atoms with Crippen molar-refractivity contribution in [1.82, 2.24) is 0 Å². The van der Waals surface area contributed by atoms with Crippen LogP contribution in [0.25, 0.3) is 4.85 Å². The molecule has 1 heterocycles. The fraction of sp³-hybridized carbons (Fsp3) is 0.500. The smallest absolute Gasteiger partial charge is 0.268 e. The first-order chi connectivity index (χ1) is 6.90. The molecule has 3 nitrogen and oxygen atoms in total. The first-order valence-electron chi connectivity index (χ1n) is 4.80. The van der Waals surface area contributed by atoms with E-state index in [1.165, 1.54) is 0 Å². The molecule has 1 atom stereocenters. The normalized spacial score (nSPS) is 23.6. The first-order valence-corrected chi connectivity index (χ1v) is 4.80. The number of allylic oxidation sites excluding steroid dienone is 2. The van der Waals surface area contributed by atoms with E-state index in [0.717, 1.165) is 5.76 Å². The molecular formula is C12H14N2O. The van der Waals surface area contributed by atoms with Gasteiger partial charge in [0.15, 0.2) is 0 Å². The fourth-order valence-electron chi connectivity index (χ4n) is 1.35. The third-order valence-electron chi connectivity index (χ3n) is 2.26. The average molecular weight is 202 g/mol. The van der Waals surface area contributed by atoms with Crippen LogP contribution in [0.5, 0.6) is 0 Å². The number of rotatable bonds is 0. The van der Waals surface area contributed by atoms with Gasteiger partial charge in [-0.1, -0.05) is 20.8 Å². The molecule has 0 bridgehead atoms. The summed E-state index contributed by atoms with van der Waals surface area (Å²) in [7, 11) is 0. The monoisotopic (exact) mass is 202 g/mol. The second-order valence-corrected chi connectivity index (χ2v) is 4.55. The molecule has 3 heteroatoms. The van der Waals surface area contributed by atoms with Crippen LogP contribution in [0.4, 0.5) is 0 Å². The SMILES string of the molecule is [C-]#[N+]/C(C#N)=C1/C=C(C(C)(C)C)OC1C. The molecule has 0 radical (unpaired) electrons. The minimum Gasteiger partial charge on any atom is -0.491 e. The van der Waals surface area contributed by atoms with Crippen LogP contribution in [0.3, 0.4) is 0 Å². The lowest BCUT2D eigenvalue weighted by Gasteiger charge is -2.21. The number of hydrogen-bond donors (Lipinski definition) is 0. The fourth-order valence-corrected chi connectivity index (χ4v) is 1.35. The summed E-state index contributed by atoms with van der Waals surface area (Å²) in [4.78, 5) is 3.20. The Morgan fingerprint density at radius 3 is 2.53 bits per heavy atom. The molecule has 0 saturated heterocycles.